The quantitative estimate of drug-likeness (QED) is 0.357. The zero-order valence-electron chi connectivity index (χ0n) is 29.6. The third-order valence-corrected chi connectivity index (χ3v) is 6.63. The molecule has 2 N–H and O–H groups in total. The Morgan fingerprint density at radius 3 is 1.93 bits per heavy atom. The van der Waals surface area contributed by atoms with E-state index < -0.39 is 11.5 Å². The first-order valence-electron chi connectivity index (χ1n) is 15.9. The van der Waals surface area contributed by atoms with E-state index in [1.165, 1.54) is 25.5 Å². The highest BCUT2D eigenvalue weighted by atomic mass is 16.5. The smallest absolute Gasteiger partial charge is 0.292 e. The van der Waals surface area contributed by atoms with Crippen LogP contribution in [0.15, 0.2) is 30.3 Å². The van der Waals surface area contributed by atoms with Gasteiger partial charge in [0, 0.05) is 33.2 Å². The maximum atomic E-state index is 12.9. The van der Waals surface area contributed by atoms with Gasteiger partial charge in [-0.05, 0) is 50.3 Å². The van der Waals surface area contributed by atoms with Crippen molar-refractivity contribution in [3.63, 3.8) is 0 Å². The van der Waals surface area contributed by atoms with Crippen LogP contribution in [0.4, 0.5) is 0 Å². The van der Waals surface area contributed by atoms with E-state index in [-0.39, 0.29) is 24.3 Å². The van der Waals surface area contributed by atoms with E-state index in [2.05, 4.69) is 67.3 Å². The molecule has 1 aliphatic heterocycles. The maximum Gasteiger partial charge on any atom is 0.292 e. The molecule has 0 aromatic heterocycles. The second-order valence-electron chi connectivity index (χ2n) is 12.4. The molecule has 1 aromatic carbocycles. The van der Waals surface area contributed by atoms with Gasteiger partial charge in [0.05, 0.1) is 20.2 Å². The van der Waals surface area contributed by atoms with Gasteiger partial charge in [-0.15, -0.1) is 0 Å². The molecule has 254 valence electrons. The van der Waals surface area contributed by atoms with Crippen LogP contribution in [0.1, 0.15) is 85.6 Å². The van der Waals surface area contributed by atoms with Gasteiger partial charge in [0.1, 0.15) is 6.04 Å². The first-order valence-corrected chi connectivity index (χ1v) is 15.9. The topological polar surface area (TPSA) is 111 Å². The molecule has 1 atom stereocenters. The normalized spacial score (nSPS) is 13.2. The van der Waals surface area contributed by atoms with Gasteiger partial charge >= 0.3 is 0 Å². The van der Waals surface area contributed by atoms with Gasteiger partial charge in [-0.2, -0.15) is 0 Å². The van der Waals surface area contributed by atoms with E-state index in [1.54, 1.807) is 19.0 Å². The lowest BCUT2D eigenvalue weighted by molar-refractivity contribution is -0.138. The van der Waals surface area contributed by atoms with Crippen LogP contribution in [-0.4, -0.2) is 112 Å². The average Bonchev–Trinajstić information content (AvgIpc) is 2.99. The monoisotopic (exact) mass is 621 g/mol. The van der Waals surface area contributed by atoms with Crippen molar-refractivity contribution in [2.45, 2.75) is 86.1 Å². The average molecular weight is 622 g/mol. The number of amides is 3. The lowest BCUT2D eigenvalue weighted by Gasteiger charge is -2.34. The van der Waals surface area contributed by atoms with Gasteiger partial charge in [0.2, 0.25) is 17.7 Å². The Kier molecular flexibility index (Phi) is 24.9. The highest BCUT2D eigenvalue weighted by molar-refractivity contribution is 5.88. The maximum absolute atomic E-state index is 12.9. The number of carbonyl (C=O) groups is 4. The number of nitrogens with one attached hydrogen (secondary N) is 2. The zero-order chi connectivity index (χ0) is 34.1. The Morgan fingerprint density at radius 2 is 1.52 bits per heavy atom. The molecule has 1 saturated heterocycles. The highest BCUT2D eigenvalue weighted by Gasteiger charge is 2.34. The molecule has 1 aromatic rings. The minimum Gasteiger partial charge on any atom is -0.471 e. The van der Waals surface area contributed by atoms with Gasteiger partial charge in [-0.3, -0.25) is 24.1 Å². The van der Waals surface area contributed by atoms with Crippen LogP contribution in [0, 0.1) is 5.41 Å². The van der Waals surface area contributed by atoms with E-state index in [9.17, 15) is 14.4 Å². The van der Waals surface area contributed by atoms with Gasteiger partial charge in [-0.1, -0.05) is 85.2 Å². The van der Waals surface area contributed by atoms with Crippen molar-refractivity contribution in [1.29, 1.82) is 0 Å². The minimum atomic E-state index is -0.598. The summed E-state index contributed by atoms with van der Waals surface area (Å²) in [6, 6.07) is 9.92. The molecule has 2 rings (SSSR count). The molecular weight excluding hydrogens is 558 g/mol. The van der Waals surface area contributed by atoms with E-state index in [4.69, 9.17) is 4.79 Å². The molecule has 1 unspecified atom stereocenters. The summed E-state index contributed by atoms with van der Waals surface area (Å²) < 4.78 is 3.86. The Hall–Kier alpha value is -2.98. The molecular formula is C34H63N5O5. The first kappa shape index (κ1) is 43.1. The highest BCUT2D eigenvalue weighted by Crippen LogP contribution is 2.21. The van der Waals surface area contributed by atoms with Crippen LogP contribution < -0.4 is 10.6 Å². The summed E-state index contributed by atoms with van der Waals surface area (Å²) in [4.78, 5) is 51.7. The summed E-state index contributed by atoms with van der Waals surface area (Å²) in [6.07, 6.45) is 4.62. The summed E-state index contributed by atoms with van der Waals surface area (Å²) in [6.45, 7) is 18.2. The predicted molar refractivity (Wildman–Crippen MR) is 180 cm³/mol. The van der Waals surface area contributed by atoms with Crippen molar-refractivity contribution in [2.75, 3.05) is 67.5 Å². The van der Waals surface area contributed by atoms with Crippen molar-refractivity contribution >= 4 is 24.2 Å². The second-order valence-corrected chi connectivity index (χ2v) is 12.4. The third-order valence-electron chi connectivity index (χ3n) is 6.63. The number of hydrogen-bond acceptors (Lipinski definition) is 7. The summed E-state index contributed by atoms with van der Waals surface area (Å²) in [5.74, 6) is 0.496. The molecule has 0 spiro atoms. The lowest BCUT2D eigenvalue weighted by Crippen LogP contribution is -2.56. The summed E-state index contributed by atoms with van der Waals surface area (Å²) >= 11 is 0. The Balaban J connectivity index is 0. The van der Waals surface area contributed by atoms with Gasteiger partial charge in [0.15, 0.2) is 0 Å². The van der Waals surface area contributed by atoms with Crippen molar-refractivity contribution in [3.8, 4) is 0 Å². The van der Waals surface area contributed by atoms with E-state index in [0.717, 1.165) is 25.9 Å². The second kappa shape index (κ2) is 25.4. The zero-order valence-corrected chi connectivity index (χ0v) is 29.6. The number of rotatable bonds is 11. The number of piperidine rings is 1. The van der Waals surface area contributed by atoms with E-state index in [1.807, 2.05) is 43.7 Å². The molecule has 1 heterocycles. The number of likely N-dealkylation sites (N-methyl/N-ethyl adjacent to an activating group) is 3. The predicted octanol–water partition coefficient (Wildman–Crippen LogP) is 4.15. The largest absolute Gasteiger partial charge is 0.471 e. The molecule has 3 amide bonds. The van der Waals surface area contributed by atoms with Gasteiger partial charge in [0.25, 0.3) is 6.47 Å². The SMILES string of the molecule is CC(C)c1ccccc1.CCC.CNCC(=O)NC(C(=O)N(C)CCN(C)CC(=O)N1CCCCC1)C(C)(C)C.COC=O. The summed E-state index contributed by atoms with van der Waals surface area (Å²) in [5, 5.41) is 5.63. The van der Waals surface area contributed by atoms with Crippen molar-refractivity contribution in [2.24, 2.45) is 5.41 Å². The molecule has 0 bridgehead atoms. The molecule has 1 aliphatic rings. The van der Waals surface area contributed by atoms with Gasteiger partial charge < -0.3 is 25.2 Å². The van der Waals surface area contributed by atoms with E-state index in [0.29, 0.717) is 32.0 Å². The number of nitrogens with zero attached hydrogens (tertiary/aromatic N) is 3. The fourth-order valence-electron chi connectivity index (χ4n) is 4.06. The fraction of sp³-hybridized carbons (Fsp3) is 0.706. The number of benzene rings is 1. The number of hydrogen-bond donors (Lipinski definition) is 2. The molecule has 0 saturated carbocycles. The number of ether oxygens (including phenoxy) is 1. The van der Waals surface area contributed by atoms with Crippen LogP contribution in [-0.2, 0) is 23.9 Å². The molecule has 10 nitrogen and oxygen atoms in total. The standard InChI is InChI=1S/C20H39N5O3.C9H12.C3H8.C2H4O2/c1-20(2,3)18(22-16(26)14-21-4)19(28)24(6)13-12-23(5)15-17(27)25-10-8-7-9-11-25;1-8(2)9-6-4-3-5-7-9;1-3-2;1-4-2-3/h18,21H,7-15H2,1-6H3,(H,22,26);3-8H,1-2H3;3H2,1-2H3;2H,1H3. The van der Waals surface area contributed by atoms with Crippen LogP contribution in [0.25, 0.3) is 0 Å². The minimum absolute atomic E-state index is 0.118. The lowest BCUT2D eigenvalue weighted by atomic mass is 9.85. The summed E-state index contributed by atoms with van der Waals surface area (Å²) in [7, 11) is 6.65. The number of likely N-dealkylation sites (tertiary alicyclic amines) is 1. The third kappa shape index (κ3) is 20.8. The summed E-state index contributed by atoms with van der Waals surface area (Å²) in [5.41, 5.74) is 1.02. The Morgan fingerprint density at radius 1 is 1.00 bits per heavy atom. The van der Waals surface area contributed by atoms with Crippen LogP contribution in [0.2, 0.25) is 0 Å². The molecule has 10 heteroatoms. The van der Waals surface area contributed by atoms with Crippen LogP contribution in [0.5, 0.6) is 0 Å². The molecule has 0 aliphatic carbocycles. The molecule has 0 radical (unpaired) electrons. The number of methoxy groups -OCH3 is 1. The number of carbonyl (C=O) groups excluding carboxylic acids is 4. The van der Waals surface area contributed by atoms with E-state index >= 15 is 0 Å². The van der Waals surface area contributed by atoms with Crippen molar-refractivity contribution in [1.82, 2.24) is 25.3 Å². The fourth-order valence-corrected chi connectivity index (χ4v) is 4.06. The molecule has 1 fully saturated rings. The van der Waals surface area contributed by atoms with Gasteiger partial charge in [-0.25, -0.2) is 0 Å². The van der Waals surface area contributed by atoms with Crippen molar-refractivity contribution in [3.05, 3.63) is 35.9 Å². The first-order chi connectivity index (χ1) is 20.7. The van der Waals surface area contributed by atoms with Crippen molar-refractivity contribution < 1.29 is 23.9 Å². The Labute approximate surface area is 268 Å². The molecule has 44 heavy (non-hydrogen) atoms. The van der Waals surface area contributed by atoms with Crippen LogP contribution in [0.3, 0.4) is 0 Å². The Bertz CT molecular complexity index is 899. The van der Waals surface area contributed by atoms with Crippen LogP contribution >= 0.6 is 0 Å².